The van der Waals surface area contributed by atoms with E-state index in [1.165, 1.54) is 23.9 Å². The van der Waals surface area contributed by atoms with Gasteiger partial charge in [-0.3, -0.25) is 14.9 Å². The predicted molar refractivity (Wildman–Crippen MR) is 102 cm³/mol. The molecule has 0 unspecified atom stereocenters. The third-order valence-corrected chi connectivity index (χ3v) is 5.02. The summed E-state index contributed by atoms with van der Waals surface area (Å²) in [5, 5.41) is 14.4. The van der Waals surface area contributed by atoms with E-state index in [0.29, 0.717) is 23.6 Å². The maximum atomic E-state index is 12.4. The van der Waals surface area contributed by atoms with E-state index < -0.39 is 4.92 Å². The van der Waals surface area contributed by atoms with E-state index in [9.17, 15) is 14.9 Å². The van der Waals surface area contributed by atoms with Crippen molar-refractivity contribution in [1.82, 2.24) is 5.32 Å². The number of nitrogens with zero attached hydrogens (tertiary/aromatic N) is 1. The fourth-order valence-electron chi connectivity index (χ4n) is 2.63. The molecule has 6 nitrogen and oxygen atoms in total. The third-order valence-electron chi connectivity index (χ3n) is 4.00. The van der Waals surface area contributed by atoms with E-state index in [4.69, 9.17) is 4.42 Å². The van der Waals surface area contributed by atoms with Gasteiger partial charge in [-0.1, -0.05) is 12.1 Å². The largest absolute Gasteiger partial charge is 0.451 e. The monoisotopic (exact) mass is 370 g/mol. The predicted octanol–water partition coefficient (Wildman–Crippen LogP) is 4.48. The quantitative estimate of drug-likeness (QED) is 0.299. The zero-order valence-corrected chi connectivity index (χ0v) is 15.3. The minimum atomic E-state index is -0.425. The van der Waals surface area contributed by atoms with Crippen molar-refractivity contribution in [2.24, 2.45) is 0 Å². The Labute approximate surface area is 154 Å². The Morgan fingerprint density at radius 2 is 1.92 bits per heavy atom. The van der Waals surface area contributed by atoms with Gasteiger partial charge in [0.1, 0.15) is 5.58 Å². The maximum Gasteiger partial charge on any atom is 0.287 e. The van der Waals surface area contributed by atoms with Gasteiger partial charge in [0.25, 0.3) is 11.6 Å². The molecule has 0 saturated carbocycles. The lowest BCUT2D eigenvalue weighted by molar-refractivity contribution is -0.384. The Morgan fingerprint density at radius 1 is 1.19 bits per heavy atom. The van der Waals surface area contributed by atoms with E-state index in [2.05, 4.69) is 5.32 Å². The van der Waals surface area contributed by atoms with Crippen molar-refractivity contribution in [1.29, 1.82) is 0 Å². The van der Waals surface area contributed by atoms with Gasteiger partial charge in [0, 0.05) is 40.3 Å². The summed E-state index contributed by atoms with van der Waals surface area (Å²) in [5.41, 5.74) is 2.70. The number of hydrogen-bond donors (Lipinski definition) is 1. The number of benzene rings is 2. The van der Waals surface area contributed by atoms with Gasteiger partial charge < -0.3 is 9.73 Å². The van der Waals surface area contributed by atoms with Gasteiger partial charge in [0.2, 0.25) is 0 Å². The molecule has 1 N–H and O–H groups in total. The number of thioether (sulfide) groups is 1. The number of fused-ring (bicyclic) bond motifs is 1. The number of nitro benzene ring substituents is 1. The molecule has 0 spiro atoms. The van der Waals surface area contributed by atoms with Crippen LogP contribution in [0.3, 0.4) is 0 Å². The topological polar surface area (TPSA) is 85.4 Å². The molecule has 2 aromatic carbocycles. The number of carbonyl (C=O) groups is 1. The highest BCUT2D eigenvalue weighted by atomic mass is 32.2. The molecule has 1 amide bonds. The van der Waals surface area contributed by atoms with Crippen molar-refractivity contribution in [3.05, 3.63) is 69.5 Å². The molecule has 26 heavy (non-hydrogen) atoms. The van der Waals surface area contributed by atoms with Crippen LogP contribution in [0.4, 0.5) is 5.69 Å². The number of rotatable bonds is 6. The standard InChI is InChI=1S/C19H18N2O4S/c1-12-3-8-16-13(2)18(25-17(16)11-12)19(22)20-9-10-26-15-6-4-14(5-7-15)21(23)24/h3-8,11H,9-10H2,1-2H3,(H,20,22). The van der Waals surface area contributed by atoms with Crippen LogP contribution in [0, 0.1) is 24.0 Å². The first kappa shape index (κ1) is 18.0. The van der Waals surface area contributed by atoms with Crippen LogP contribution in [0.15, 0.2) is 51.8 Å². The molecule has 0 aliphatic rings. The van der Waals surface area contributed by atoms with Crippen molar-refractivity contribution in [3.63, 3.8) is 0 Å². The highest BCUT2D eigenvalue weighted by Crippen LogP contribution is 2.26. The van der Waals surface area contributed by atoms with Crippen LogP contribution in [-0.2, 0) is 0 Å². The molecule has 3 aromatic rings. The first-order chi connectivity index (χ1) is 12.5. The first-order valence-corrected chi connectivity index (χ1v) is 9.09. The van der Waals surface area contributed by atoms with Gasteiger partial charge >= 0.3 is 0 Å². The van der Waals surface area contributed by atoms with E-state index in [-0.39, 0.29) is 11.6 Å². The number of hydrogen-bond acceptors (Lipinski definition) is 5. The molecular weight excluding hydrogens is 352 g/mol. The maximum absolute atomic E-state index is 12.4. The molecule has 0 bridgehead atoms. The molecule has 0 saturated heterocycles. The lowest BCUT2D eigenvalue weighted by Gasteiger charge is -2.04. The molecule has 0 atom stereocenters. The second-order valence-electron chi connectivity index (χ2n) is 5.91. The molecular formula is C19H18N2O4S. The normalized spacial score (nSPS) is 10.8. The van der Waals surface area contributed by atoms with Crippen LogP contribution in [0.25, 0.3) is 11.0 Å². The lowest BCUT2D eigenvalue weighted by atomic mass is 10.1. The third kappa shape index (κ3) is 3.88. The summed E-state index contributed by atoms with van der Waals surface area (Å²) in [7, 11) is 0. The van der Waals surface area contributed by atoms with Crippen molar-refractivity contribution in [2.75, 3.05) is 12.3 Å². The summed E-state index contributed by atoms with van der Waals surface area (Å²) in [6.07, 6.45) is 0. The van der Waals surface area contributed by atoms with Crippen LogP contribution in [0.5, 0.6) is 0 Å². The molecule has 3 rings (SSSR count). The summed E-state index contributed by atoms with van der Waals surface area (Å²) >= 11 is 1.52. The van der Waals surface area contributed by atoms with Crippen LogP contribution in [0.1, 0.15) is 21.7 Å². The second-order valence-corrected chi connectivity index (χ2v) is 7.08. The molecule has 0 radical (unpaired) electrons. The van der Waals surface area contributed by atoms with Crippen molar-refractivity contribution >= 4 is 34.3 Å². The van der Waals surface area contributed by atoms with Gasteiger partial charge in [0.05, 0.1) is 4.92 Å². The minimum Gasteiger partial charge on any atom is -0.451 e. The molecule has 134 valence electrons. The lowest BCUT2D eigenvalue weighted by Crippen LogP contribution is -2.25. The number of carbonyl (C=O) groups excluding carboxylic acids is 1. The Balaban J connectivity index is 1.56. The van der Waals surface area contributed by atoms with Crippen molar-refractivity contribution < 1.29 is 14.1 Å². The highest BCUT2D eigenvalue weighted by Gasteiger charge is 2.17. The average Bonchev–Trinajstić information content (AvgIpc) is 2.95. The summed E-state index contributed by atoms with van der Waals surface area (Å²) in [4.78, 5) is 23.5. The Kier molecular flexibility index (Phi) is 5.27. The first-order valence-electron chi connectivity index (χ1n) is 8.11. The number of aryl methyl sites for hydroxylation is 2. The minimum absolute atomic E-state index is 0.0678. The van der Waals surface area contributed by atoms with Crippen LogP contribution in [-0.4, -0.2) is 23.1 Å². The zero-order valence-electron chi connectivity index (χ0n) is 14.4. The molecule has 0 fully saturated rings. The zero-order chi connectivity index (χ0) is 18.7. The Morgan fingerprint density at radius 3 is 2.62 bits per heavy atom. The summed E-state index contributed by atoms with van der Waals surface area (Å²) < 4.78 is 5.71. The van der Waals surface area contributed by atoms with E-state index in [1.54, 1.807) is 12.1 Å². The number of nitro groups is 1. The smallest absolute Gasteiger partial charge is 0.287 e. The van der Waals surface area contributed by atoms with Crippen molar-refractivity contribution in [2.45, 2.75) is 18.7 Å². The van der Waals surface area contributed by atoms with Crippen LogP contribution < -0.4 is 5.32 Å². The molecule has 7 heteroatoms. The number of amides is 1. The van der Waals surface area contributed by atoms with Crippen molar-refractivity contribution in [3.8, 4) is 0 Å². The van der Waals surface area contributed by atoms with Crippen LogP contribution in [0.2, 0.25) is 0 Å². The second kappa shape index (κ2) is 7.61. The number of furan rings is 1. The summed E-state index contributed by atoms with van der Waals surface area (Å²) in [5.74, 6) is 0.758. The van der Waals surface area contributed by atoms with E-state index in [0.717, 1.165) is 21.4 Å². The molecule has 1 heterocycles. The van der Waals surface area contributed by atoms with Crippen LogP contribution >= 0.6 is 11.8 Å². The van der Waals surface area contributed by atoms with E-state index >= 15 is 0 Å². The van der Waals surface area contributed by atoms with Gasteiger partial charge in [-0.25, -0.2) is 0 Å². The number of non-ortho nitro benzene ring substituents is 1. The fourth-order valence-corrected chi connectivity index (χ4v) is 3.40. The Bertz CT molecular complexity index is 964. The van der Waals surface area contributed by atoms with Gasteiger partial charge in [-0.15, -0.1) is 11.8 Å². The molecule has 0 aliphatic carbocycles. The van der Waals surface area contributed by atoms with Gasteiger partial charge in [-0.05, 0) is 37.6 Å². The SMILES string of the molecule is Cc1ccc2c(C)c(C(=O)NCCSc3ccc([N+](=O)[O-])cc3)oc2c1. The highest BCUT2D eigenvalue weighted by molar-refractivity contribution is 7.99. The summed E-state index contributed by atoms with van der Waals surface area (Å²) in [6, 6.07) is 12.2. The summed E-state index contributed by atoms with van der Waals surface area (Å²) in [6.45, 7) is 4.32. The Hall–Kier alpha value is -2.80. The average molecular weight is 370 g/mol. The molecule has 1 aromatic heterocycles. The van der Waals surface area contributed by atoms with E-state index in [1.807, 2.05) is 32.0 Å². The van der Waals surface area contributed by atoms with Gasteiger partial charge in [-0.2, -0.15) is 0 Å². The number of nitrogens with one attached hydrogen (secondary N) is 1. The fraction of sp³-hybridized carbons (Fsp3) is 0.211. The molecule has 0 aliphatic heterocycles. The van der Waals surface area contributed by atoms with Gasteiger partial charge in [0.15, 0.2) is 5.76 Å².